The molecule has 0 spiro atoms. The molecule has 0 aromatic heterocycles. The number of rotatable bonds is 8. The lowest BCUT2D eigenvalue weighted by molar-refractivity contribution is -0.147. The smallest absolute Gasteiger partial charge is 0.391 e. The number of hydrogen-bond donors (Lipinski definition) is 2. The van der Waals surface area contributed by atoms with Crippen LogP contribution in [0.4, 0.5) is 13.2 Å². The van der Waals surface area contributed by atoms with E-state index < -0.39 is 18.1 Å². The lowest BCUT2D eigenvalue weighted by Crippen LogP contribution is -2.54. The highest BCUT2D eigenvalue weighted by molar-refractivity contribution is 5.00. The molecule has 1 unspecified atom stereocenters. The van der Waals surface area contributed by atoms with Crippen molar-refractivity contribution in [3.63, 3.8) is 0 Å². The molecule has 1 aliphatic carbocycles. The lowest BCUT2D eigenvalue weighted by Gasteiger charge is -2.33. The molecule has 0 aromatic rings. The molecule has 1 atom stereocenters. The molecule has 0 heterocycles. The largest absolute Gasteiger partial charge is 0.394 e. The topological polar surface area (TPSA) is 41.5 Å². The van der Waals surface area contributed by atoms with Gasteiger partial charge in [0.1, 0.15) is 0 Å². The first-order valence-corrected chi connectivity index (χ1v) is 5.94. The Morgan fingerprint density at radius 2 is 2.00 bits per heavy atom. The van der Waals surface area contributed by atoms with Gasteiger partial charge in [0.2, 0.25) is 0 Å². The molecule has 0 radical (unpaired) electrons. The molecule has 1 fully saturated rings. The molecule has 17 heavy (non-hydrogen) atoms. The van der Waals surface area contributed by atoms with Crippen molar-refractivity contribution in [2.24, 2.45) is 5.92 Å². The molecule has 0 amide bonds. The van der Waals surface area contributed by atoms with E-state index in [9.17, 15) is 18.3 Å². The maximum absolute atomic E-state index is 11.9. The Hall–Kier alpha value is -0.330. The van der Waals surface area contributed by atoms with Crippen LogP contribution in [0, 0.1) is 5.92 Å². The fourth-order valence-electron chi connectivity index (χ4n) is 1.97. The summed E-state index contributed by atoms with van der Waals surface area (Å²) in [7, 11) is 0. The van der Waals surface area contributed by atoms with Crippen LogP contribution in [0.2, 0.25) is 0 Å². The first-order chi connectivity index (χ1) is 7.93. The van der Waals surface area contributed by atoms with Crippen LogP contribution >= 0.6 is 0 Å². The second-order valence-electron chi connectivity index (χ2n) is 4.54. The van der Waals surface area contributed by atoms with Crippen molar-refractivity contribution in [2.75, 3.05) is 26.4 Å². The van der Waals surface area contributed by atoms with Crippen LogP contribution in [0.25, 0.3) is 0 Å². The second kappa shape index (κ2) is 6.02. The Balaban J connectivity index is 2.34. The number of halogens is 3. The number of nitrogens with one attached hydrogen (secondary N) is 1. The summed E-state index contributed by atoms with van der Waals surface area (Å²) in [5.74, 6) is 0.318. The molecule has 3 nitrogen and oxygen atoms in total. The molecular weight excluding hydrogens is 235 g/mol. The van der Waals surface area contributed by atoms with E-state index in [-0.39, 0.29) is 19.8 Å². The van der Waals surface area contributed by atoms with Crippen LogP contribution in [-0.4, -0.2) is 43.2 Å². The summed E-state index contributed by atoms with van der Waals surface area (Å²) < 4.78 is 40.9. The molecule has 102 valence electrons. The van der Waals surface area contributed by atoms with Crippen LogP contribution in [-0.2, 0) is 4.74 Å². The molecule has 6 heteroatoms. The average molecular weight is 255 g/mol. The minimum absolute atomic E-state index is 0.0997. The molecule has 1 saturated carbocycles. The third kappa shape index (κ3) is 4.81. The maximum atomic E-state index is 11.9. The summed E-state index contributed by atoms with van der Waals surface area (Å²) in [6.45, 7) is 2.27. The van der Waals surface area contributed by atoms with Crippen LogP contribution in [0.5, 0.6) is 0 Å². The third-order valence-electron chi connectivity index (χ3n) is 3.06. The number of aliphatic hydroxyl groups is 1. The van der Waals surface area contributed by atoms with E-state index in [2.05, 4.69) is 5.32 Å². The summed E-state index contributed by atoms with van der Waals surface area (Å²) in [5.41, 5.74) is -0.555. The van der Waals surface area contributed by atoms with Crippen molar-refractivity contribution < 1.29 is 23.0 Å². The first-order valence-electron chi connectivity index (χ1n) is 5.94. The fourth-order valence-corrected chi connectivity index (χ4v) is 1.97. The fraction of sp³-hybridized carbons (Fsp3) is 1.00. The second-order valence-corrected chi connectivity index (χ2v) is 4.54. The van der Waals surface area contributed by atoms with Gasteiger partial charge in [0.25, 0.3) is 0 Å². The highest BCUT2D eigenvalue weighted by atomic mass is 19.4. The van der Waals surface area contributed by atoms with Crippen LogP contribution in [0.15, 0.2) is 0 Å². The van der Waals surface area contributed by atoms with Gasteiger partial charge in [-0.15, -0.1) is 0 Å². The van der Waals surface area contributed by atoms with Crippen molar-refractivity contribution in [1.82, 2.24) is 5.32 Å². The Morgan fingerprint density at radius 3 is 2.41 bits per heavy atom. The first kappa shape index (κ1) is 14.7. The van der Waals surface area contributed by atoms with Gasteiger partial charge in [-0.3, -0.25) is 0 Å². The van der Waals surface area contributed by atoms with Crippen molar-refractivity contribution in [3.8, 4) is 0 Å². The van der Waals surface area contributed by atoms with E-state index in [1.165, 1.54) is 0 Å². The summed E-state index contributed by atoms with van der Waals surface area (Å²) in [6.07, 6.45) is -3.13. The Bertz CT molecular complexity index is 231. The Labute approximate surface area is 99.3 Å². The van der Waals surface area contributed by atoms with Crippen molar-refractivity contribution in [3.05, 3.63) is 0 Å². The maximum Gasteiger partial charge on any atom is 0.391 e. The molecule has 1 rings (SSSR count). The summed E-state index contributed by atoms with van der Waals surface area (Å²) in [5, 5.41) is 12.6. The number of alkyl halides is 3. The molecule has 0 bridgehead atoms. The van der Waals surface area contributed by atoms with E-state index in [1.807, 2.05) is 6.92 Å². The van der Waals surface area contributed by atoms with E-state index in [4.69, 9.17) is 4.74 Å². The predicted octanol–water partition coefficient (Wildman–Crippen LogP) is 1.71. The SMILES string of the molecule is CCNC(CO)(COCCC(F)(F)F)C1CC1. The van der Waals surface area contributed by atoms with Gasteiger partial charge in [0, 0.05) is 0 Å². The van der Waals surface area contributed by atoms with Crippen LogP contribution < -0.4 is 5.32 Å². The minimum Gasteiger partial charge on any atom is -0.394 e. The zero-order chi connectivity index (χ0) is 12.9. The van der Waals surface area contributed by atoms with Gasteiger partial charge in [-0.2, -0.15) is 13.2 Å². The van der Waals surface area contributed by atoms with Gasteiger partial charge in [-0.25, -0.2) is 0 Å². The Morgan fingerprint density at radius 1 is 1.35 bits per heavy atom. The molecule has 2 N–H and O–H groups in total. The van der Waals surface area contributed by atoms with Gasteiger partial charge < -0.3 is 15.2 Å². The highest BCUT2D eigenvalue weighted by Crippen LogP contribution is 2.39. The van der Waals surface area contributed by atoms with Crippen molar-refractivity contribution >= 4 is 0 Å². The van der Waals surface area contributed by atoms with Gasteiger partial charge >= 0.3 is 6.18 Å². The summed E-state index contributed by atoms with van der Waals surface area (Å²) >= 11 is 0. The number of aliphatic hydroxyl groups excluding tert-OH is 1. The van der Waals surface area contributed by atoms with E-state index in [1.54, 1.807) is 0 Å². The molecule has 1 aliphatic rings. The van der Waals surface area contributed by atoms with Crippen LogP contribution in [0.3, 0.4) is 0 Å². The zero-order valence-corrected chi connectivity index (χ0v) is 10.0. The Kier molecular flexibility index (Phi) is 5.22. The number of likely N-dealkylation sites (N-methyl/N-ethyl adjacent to an activating group) is 1. The number of ether oxygens (including phenoxy) is 1. The predicted molar refractivity (Wildman–Crippen MR) is 57.7 cm³/mol. The lowest BCUT2D eigenvalue weighted by atomic mass is 9.95. The van der Waals surface area contributed by atoms with Gasteiger partial charge in [-0.05, 0) is 25.3 Å². The van der Waals surface area contributed by atoms with Crippen molar-refractivity contribution in [1.29, 1.82) is 0 Å². The average Bonchev–Trinajstić information content (AvgIpc) is 3.05. The standard InChI is InChI=1S/C11H20F3NO2/c1-2-15-10(7-16,9-3-4-9)8-17-6-5-11(12,13)14/h9,15-16H,2-8H2,1H3. The zero-order valence-electron chi connectivity index (χ0n) is 10.0. The summed E-state index contributed by atoms with van der Waals surface area (Å²) in [4.78, 5) is 0. The molecular formula is C11H20F3NO2. The van der Waals surface area contributed by atoms with Crippen LogP contribution in [0.1, 0.15) is 26.2 Å². The van der Waals surface area contributed by atoms with Gasteiger partial charge in [0.05, 0.1) is 31.8 Å². The third-order valence-corrected chi connectivity index (χ3v) is 3.06. The molecule has 0 aliphatic heterocycles. The van der Waals surface area contributed by atoms with Gasteiger partial charge in [0.15, 0.2) is 0 Å². The van der Waals surface area contributed by atoms with E-state index in [0.717, 1.165) is 12.8 Å². The van der Waals surface area contributed by atoms with Crippen molar-refractivity contribution in [2.45, 2.75) is 37.9 Å². The molecule has 0 aromatic carbocycles. The normalized spacial score (nSPS) is 20.3. The quantitative estimate of drug-likeness (QED) is 0.649. The minimum atomic E-state index is -4.18. The summed E-state index contributed by atoms with van der Waals surface area (Å²) in [6, 6.07) is 0. The van der Waals surface area contributed by atoms with E-state index >= 15 is 0 Å². The highest BCUT2D eigenvalue weighted by Gasteiger charge is 2.44. The van der Waals surface area contributed by atoms with Gasteiger partial charge in [-0.1, -0.05) is 6.92 Å². The monoisotopic (exact) mass is 255 g/mol. The number of hydrogen-bond acceptors (Lipinski definition) is 3. The van der Waals surface area contributed by atoms with E-state index in [0.29, 0.717) is 12.5 Å². The molecule has 0 saturated heterocycles.